The molecule has 0 radical (unpaired) electrons. The van der Waals surface area contributed by atoms with Gasteiger partial charge in [0.15, 0.2) is 5.13 Å². The number of amides is 2. The van der Waals surface area contributed by atoms with Crippen molar-refractivity contribution < 1.29 is 9.59 Å². The molecule has 1 heterocycles. The number of hydrogen-bond acceptors (Lipinski definition) is 4. The van der Waals surface area contributed by atoms with Gasteiger partial charge in [-0.1, -0.05) is 20.8 Å². The van der Waals surface area contributed by atoms with Gasteiger partial charge >= 0.3 is 0 Å². The van der Waals surface area contributed by atoms with Crippen molar-refractivity contribution in [3.63, 3.8) is 0 Å². The average Bonchev–Trinajstić information content (AvgIpc) is 2.73. The van der Waals surface area contributed by atoms with Crippen LogP contribution in [0.3, 0.4) is 0 Å². The average molecular weight is 297 g/mol. The second-order valence-electron chi connectivity index (χ2n) is 5.26. The van der Waals surface area contributed by atoms with Crippen molar-refractivity contribution >= 4 is 28.3 Å². The molecule has 0 spiro atoms. The summed E-state index contributed by atoms with van der Waals surface area (Å²) in [6.45, 7) is 8.58. The minimum Gasteiger partial charge on any atom is -0.333 e. The Hall–Kier alpha value is -1.43. The van der Waals surface area contributed by atoms with E-state index in [1.54, 1.807) is 4.90 Å². The Bertz CT molecular complexity index is 457. The minimum absolute atomic E-state index is 0.0346. The molecule has 112 valence electrons. The first kappa shape index (κ1) is 16.6. The smallest absolute Gasteiger partial charge is 0.245 e. The van der Waals surface area contributed by atoms with Gasteiger partial charge in [-0.25, -0.2) is 4.98 Å². The number of nitrogens with zero attached hydrogens (tertiary/aromatic N) is 2. The van der Waals surface area contributed by atoms with Crippen LogP contribution >= 0.6 is 11.3 Å². The molecule has 0 atom stereocenters. The molecular weight excluding hydrogens is 274 g/mol. The Labute approximate surface area is 124 Å². The number of aryl methyl sites for hydroxylation is 1. The molecule has 6 heteroatoms. The fourth-order valence-corrected chi connectivity index (χ4v) is 2.49. The lowest BCUT2D eigenvalue weighted by molar-refractivity contribution is -0.135. The highest BCUT2D eigenvalue weighted by Crippen LogP contribution is 2.14. The summed E-state index contributed by atoms with van der Waals surface area (Å²) in [4.78, 5) is 29.8. The summed E-state index contributed by atoms with van der Waals surface area (Å²) in [6.07, 6.45) is 1.32. The maximum absolute atomic E-state index is 12.1. The Morgan fingerprint density at radius 3 is 2.65 bits per heavy atom. The quantitative estimate of drug-likeness (QED) is 0.841. The zero-order chi connectivity index (χ0) is 15.1. The number of carbonyl (C=O) groups is 2. The summed E-state index contributed by atoms with van der Waals surface area (Å²) in [5.74, 6) is 0.142. The second-order valence-corrected chi connectivity index (χ2v) is 6.11. The summed E-state index contributed by atoms with van der Waals surface area (Å²) >= 11 is 1.39. The molecule has 0 aromatic carbocycles. The summed E-state index contributed by atoms with van der Waals surface area (Å²) in [5, 5.41) is 5.20. The highest BCUT2D eigenvalue weighted by molar-refractivity contribution is 7.13. The molecule has 0 aliphatic rings. The van der Waals surface area contributed by atoms with Crippen molar-refractivity contribution in [2.75, 3.05) is 18.4 Å². The van der Waals surface area contributed by atoms with Gasteiger partial charge in [-0.15, -0.1) is 11.3 Å². The van der Waals surface area contributed by atoms with Gasteiger partial charge in [0.2, 0.25) is 11.8 Å². The third-order valence-corrected chi connectivity index (χ3v) is 3.50. The van der Waals surface area contributed by atoms with Crippen LogP contribution in [0.1, 0.15) is 39.3 Å². The maximum atomic E-state index is 12.1. The molecule has 0 aliphatic carbocycles. The molecule has 0 aliphatic heterocycles. The third kappa shape index (κ3) is 5.69. The first-order valence-corrected chi connectivity index (χ1v) is 7.80. The van der Waals surface area contributed by atoms with E-state index in [9.17, 15) is 9.59 Å². The topological polar surface area (TPSA) is 62.3 Å². The van der Waals surface area contributed by atoms with Crippen molar-refractivity contribution in [2.45, 2.75) is 40.5 Å². The van der Waals surface area contributed by atoms with Gasteiger partial charge in [-0.3, -0.25) is 9.59 Å². The zero-order valence-electron chi connectivity index (χ0n) is 12.6. The number of aromatic nitrogens is 1. The van der Waals surface area contributed by atoms with Crippen molar-refractivity contribution in [3.05, 3.63) is 11.1 Å². The van der Waals surface area contributed by atoms with Crippen LogP contribution in [-0.4, -0.2) is 34.8 Å². The number of thiazole rings is 1. The van der Waals surface area contributed by atoms with Crippen molar-refractivity contribution in [1.29, 1.82) is 0 Å². The highest BCUT2D eigenvalue weighted by Gasteiger charge is 2.17. The lowest BCUT2D eigenvalue weighted by atomic mass is 10.1. The van der Waals surface area contributed by atoms with E-state index < -0.39 is 0 Å². The van der Waals surface area contributed by atoms with Gasteiger partial charge in [-0.2, -0.15) is 0 Å². The van der Waals surface area contributed by atoms with Gasteiger partial charge in [0, 0.05) is 18.3 Å². The Morgan fingerprint density at radius 2 is 2.15 bits per heavy atom. The fraction of sp³-hybridized carbons (Fsp3) is 0.643. The van der Waals surface area contributed by atoms with Crippen LogP contribution in [0, 0.1) is 12.8 Å². The molecule has 0 unspecified atom stereocenters. The standard InChI is InChI=1S/C14H23N3O2S/c1-5-6-17(13(19)7-10(2)3)8-12(18)16-14-15-11(4)9-20-14/h9-10H,5-8H2,1-4H3,(H,15,16,18). The SMILES string of the molecule is CCCN(CC(=O)Nc1nc(C)cs1)C(=O)CC(C)C. The van der Waals surface area contributed by atoms with Gasteiger partial charge in [0.05, 0.1) is 12.2 Å². The molecule has 0 saturated carbocycles. The van der Waals surface area contributed by atoms with Crippen molar-refractivity contribution in [2.24, 2.45) is 5.92 Å². The van der Waals surface area contributed by atoms with Crippen LogP contribution in [0.2, 0.25) is 0 Å². The van der Waals surface area contributed by atoms with E-state index in [2.05, 4.69) is 10.3 Å². The number of rotatable bonds is 7. The molecule has 5 nitrogen and oxygen atoms in total. The zero-order valence-corrected chi connectivity index (χ0v) is 13.4. The van der Waals surface area contributed by atoms with Gasteiger partial charge < -0.3 is 10.2 Å². The highest BCUT2D eigenvalue weighted by atomic mass is 32.1. The van der Waals surface area contributed by atoms with Crippen LogP contribution < -0.4 is 5.32 Å². The number of carbonyl (C=O) groups excluding carboxylic acids is 2. The van der Waals surface area contributed by atoms with Gasteiger partial charge in [0.1, 0.15) is 0 Å². The molecular formula is C14H23N3O2S. The van der Waals surface area contributed by atoms with Gasteiger partial charge in [-0.05, 0) is 19.3 Å². The number of hydrogen-bond donors (Lipinski definition) is 1. The third-order valence-electron chi connectivity index (χ3n) is 2.63. The summed E-state index contributed by atoms with van der Waals surface area (Å²) in [6, 6.07) is 0. The molecule has 1 aromatic heterocycles. The molecule has 1 aromatic rings. The van der Waals surface area contributed by atoms with E-state index in [0.717, 1.165) is 12.1 Å². The molecule has 20 heavy (non-hydrogen) atoms. The molecule has 1 rings (SSSR count). The molecule has 2 amide bonds. The molecule has 0 fully saturated rings. The molecule has 0 saturated heterocycles. The first-order valence-electron chi connectivity index (χ1n) is 6.92. The second kappa shape index (κ2) is 7.99. The Kier molecular flexibility index (Phi) is 6.64. The molecule has 1 N–H and O–H groups in total. The maximum Gasteiger partial charge on any atom is 0.245 e. The van der Waals surface area contributed by atoms with Crippen molar-refractivity contribution in [1.82, 2.24) is 9.88 Å². The van der Waals surface area contributed by atoms with Crippen LogP contribution in [-0.2, 0) is 9.59 Å². The van der Waals surface area contributed by atoms with Crippen LogP contribution in [0.4, 0.5) is 5.13 Å². The Morgan fingerprint density at radius 1 is 1.45 bits per heavy atom. The predicted octanol–water partition coefficient (Wildman–Crippen LogP) is 2.67. The van der Waals surface area contributed by atoms with Gasteiger partial charge in [0.25, 0.3) is 0 Å². The van der Waals surface area contributed by atoms with Crippen LogP contribution in [0.15, 0.2) is 5.38 Å². The minimum atomic E-state index is -0.190. The van der Waals surface area contributed by atoms with Crippen LogP contribution in [0.5, 0.6) is 0 Å². The van der Waals surface area contributed by atoms with E-state index in [1.165, 1.54) is 11.3 Å². The largest absolute Gasteiger partial charge is 0.333 e. The van der Waals surface area contributed by atoms with Crippen LogP contribution in [0.25, 0.3) is 0 Å². The van der Waals surface area contributed by atoms with E-state index in [0.29, 0.717) is 24.0 Å². The summed E-state index contributed by atoms with van der Waals surface area (Å²) < 4.78 is 0. The summed E-state index contributed by atoms with van der Waals surface area (Å²) in [7, 11) is 0. The first-order chi connectivity index (χ1) is 9.42. The lowest BCUT2D eigenvalue weighted by Gasteiger charge is -2.22. The van der Waals surface area contributed by atoms with E-state index >= 15 is 0 Å². The van der Waals surface area contributed by atoms with E-state index in [-0.39, 0.29) is 18.4 Å². The van der Waals surface area contributed by atoms with Crippen molar-refractivity contribution in [3.8, 4) is 0 Å². The predicted molar refractivity (Wildman–Crippen MR) is 81.8 cm³/mol. The number of nitrogens with one attached hydrogen (secondary N) is 1. The monoisotopic (exact) mass is 297 g/mol. The Balaban J connectivity index is 2.56. The number of anilines is 1. The summed E-state index contributed by atoms with van der Waals surface area (Å²) in [5.41, 5.74) is 0.881. The molecule has 0 bridgehead atoms. The normalized spacial score (nSPS) is 10.7. The lowest BCUT2D eigenvalue weighted by Crippen LogP contribution is -2.39. The fourth-order valence-electron chi connectivity index (χ4n) is 1.78. The van der Waals surface area contributed by atoms with E-state index in [1.807, 2.05) is 33.1 Å². The van der Waals surface area contributed by atoms with E-state index in [4.69, 9.17) is 0 Å².